The third-order valence-corrected chi connectivity index (χ3v) is 2.02. The second kappa shape index (κ2) is 3.47. The van der Waals surface area contributed by atoms with Crippen molar-refractivity contribution in [3.63, 3.8) is 0 Å². The summed E-state index contributed by atoms with van der Waals surface area (Å²) in [5.41, 5.74) is 0. The fourth-order valence-corrected chi connectivity index (χ4v) is 1.35. The van der Waals surface area contributed by atoms with E-state index in [0.29, 0.717) is 12.8 Å². The Kier molecular flexibility index (Phi) is 2.58. The number of carboxylic acid groups (broad SMARTS) is 1. The minimum atomic E-state index is -0.970. The van der Waals surface area contributed by atoms with E-state index in [1.165, 1.54) is 0 Å². The first-order valence-corrected chi connectivity index (χ1v) is 3.86. The molecule has 0 aromatic rings. The Bertz CT molecular complexity index is 231. The number of carbonyl (C=O) groups excluding carboxylic acids is 2. The predicted molar refractivity (Wildman–Crippen MR) is 39.6 cm³/mol. The molecule has 0 spiro atoms. The molecule has 4 nitrogen and oxygen atoms in total. The molecule has 1 saturated carbocycles. The molecule has 0 aromatic carbocycles. The van der Waals surface area contributed by atoms with Gasteiger partial charge < -0.3 is 5.11 Å². The largest absolute Gasteiger partial charge is 0.481 e. The van der Waals surface area contributed by atoms with E-state index >= 15 is 0 Å². The van der Waals surface area contributed by atoms with Crippen molar-refractivity contribution in [3.05, 3.63) is 0 Å². The fraction of sp³-hybridized carbons (Fsp3) is 0.625. The van der Waals surface area contributed by atoms with Crippen LogP contribution >= 0.6 is 0 Å². The zero-order valence-electron chi connectivity index (χ0n) is 6.58. The van der Waals surface area contributed by atoms with E-state index in [4.69, 9.17) is 5.11 Å². The van der Waals surface area contributed by atoms with Crippen molar-refractivity contribution >= 4 is 17.5 Å². The Balaban J connectivity index is 2.51. The standard InChI is InChI=1S/C8H10O4/c9-6-2-1-5(3-8(11)12)7(10)4-6/h5H,1-4H2,(H,11,12). The molecule has 1 N–H and O–H groups in total. The van der Waals surface area contributed by atoms with E-state index in [0.717, 1.165) is 0 Å². The van der Waals surface area contributed by atoms with Gasteiger partial charge in [-0.1, -0.05) is 0 Å². The number of aliphatic carboxylic acids is 1. The van der Waals surface area contributed by atoms with Crippen LogP contribution in [0.1, 0.15) is 25.7 Å². The van der Waals surface area contributed by atoms with Crippen molar-refractivity contribution in [1.29, 1.82) is 0 Å². The monoisotopic (exact) mass is 170 g/mol. The molecule has 1 fully saturated rings. The van der Waals surface area contributed by atoms with Gasteiger partial charge in [0.25, 0.3) is 0 Å². The highest BCUT2D eigenvalue weighted by atomic mass is 16.4. The summed E-state index contributed by atoms with van der Waals surface area (Å²) < 4.78 is 0. The molecule has 0 amide bonds. The van der Waals surface area contributed by atoms with Crippen LogP contribution in [-0.2, 0) is 14.4 Å². The lowest BCUT2D eigenvalue weighted by molar-refractivity contribution is -0.143. The Labute approximate surface area is 69.6 Å². The highest BCUT2D eigenvalue weighted by molar-refractivity contribution is 6.03. The normalized spacial score (nSPS) is 24.2. The molecule has 0 bridgehead atoms. The first-order valence-electron chi connectivity index (χ1n) is 3.86. The zero-order valence-corrected chi connectivity index (χ0v) is 6.58. The molecule has 1 aliphatic carbocycles. The van der Waals surface area contributed by atoms with E-state index in [-0.39, 0.29) is 24.4 Å². The maximum absolute atomic E-state index is 11.1. The fourth-order valence-electron chi connectivity index (χ4n) is 1.35. The van der Waals surface area contributed by atoms with Crippen molar-refractivity contribution in [2.75, 3.05) is 0 Å². The molecule has 0 aromatic heterocycles. The molecule has 0 aliphatic heterocycles. The number of carbonyl (C=O) groups is 3. The maximum atomic E-state index is 11.1. The summed E-state index contributed by atoms with van der Waals surface area (Å²) in [5.74, 6) is -1.68. The average Bonchev–Trinajstić information content (AvgIpc) is 1.94. The van der Waals surface area contributed by atoms with Gasteiger partial charge in [0.1, 0.15) is 11.6 Å². The Morgan fingerprint density at radius 1 is 1.50 bits per heavy atom. The summed E-state index contributed by atoms with van der Waals surface area (Å²) in [6.07, 6.45) is 0.553. The molecule has 0 saturated heterocycles. The number of hydrogen-bond donors (Lipinski definition) is 1. The number of carboxylic acids is 1. The minimum absolute atomic E-state index is 0.0679. The smallest absolute Gasteiger partial charge is 0.304 e. The number of rotatable bonds is 2. The highest BCUT2D eigenvalue weighted by Crippen LogP contribution is 2.20. The summed E-state index contributed by atoms with van der Waals surface area (Å²) in [4.78, 5) is 32.1. The first kappa shape index (κ1) is 8.90. The van der Waals surface area contributed by atoms with Gasteiger partial charge in [0.05, 0.1) is 12.8 Å². The lowest BCUT2D eigenvalue weighted by Crippen LogP contribution is -2.26. The molecule has 1 aliphatic rings. The summed E-state index contributed by atoms with van der Waals surface area (Å²) in [7, 11) is 0. The summed E-state index contributed by atoms with van der Waals surface area (Å²) in [6, 6.07) is 0. The Morgan fingerprint density at radius 2 is 2.17 bits per heavy atom. The van der Waals surface area contributed by atoms with E-state index in [1.807, 2.05) is 0 Å². The van der Waals surface area contributed by atoms with E-state index in [2.05, 4.69) is 0 Å². The van der Waals surface area contributed by atoms with Crippen LogP contribution in [0.3, 0.4) is 0 Å². The first-order chi connectivity index (χ1) is 5.59. The predicted octanol–water partition coefficient (Wildman–Crippen LogP) is 0.399. The number of hydrogen-bond acceptors (Lipinski definition) is 3. The quantitative estimate of drug-likeness (QED) is 0.609. The van der Waals surface area contributed by atoms with Crippen LogP contribution in [0.25, 0.3) is 0 Å². The van der Waals surface area contributed by atoms with Crippen LogP contribution < -0.4 is 0 Å². The third kappa shape index (κ3) is 2.15. The van der Waals surface area contributed by atoms with Crippen molar-refractivity contribution in [1.82, 2.24) is 0 Å². The second-order valence-corrected chi connectivity index (χ2v) is 3.02. The number of ketones is 2. The van der Waals surface area contributed by atoms with Crippen molar-refractivity contribution in [2.24, 2.45) is 5.92 Å². The van der Waals surface area contributed by atoms with Crippen molar-refractivity contribution in [3.8, 4) is 0 Å². The van der Waals surface area contributed by atoms with Gasteiger partial charge in [-0.25, -0.2) is 0 Å². The average molecular weight is 170 g/mol. The van der Waals surface area contributed by atoms with Crippen LogP contribution in [0.4, 0.5) is 0 Å². The molecule has 12 heavy (non-hydrogen) atoms. The third-order valence-electron chi connectivity index (χ3n) is 2.02. The van der Waals surface area contributed by atoms with E-state index in [1.54, 1.807) is 0 Å². The van der Waals surface area contributed by atoms with Crippen LogP contribution in [0.2, 0.25) is 0 Å². The molecule has 66 valence electrons. The SMILES string of the molecule is O=C(O)CC1CCC(=O)CC1=O. The Morgan fingerprint density at radius 3 is 2.67 bits per heavy atom. The van der Waals surface area contributed by atoms with Gasteiger partial charge in [-0.15, -0.1) is 0 Å². The van der Waals surface area contributed by atoms with E-state index < -0.39 is 11.9 Å². The van der Waals surface area contributed by atoms with Gasteiger partial charge in [0, 0.05) is 12.3 Å². The van der Waals surface area contributed by atoms with Gasteiger partial charge in [-0.2, -0.15) is 0 Å². The van der Waals surface area contributed by atoms with Gasteiger partial charge in [0.2, 0.25) is 0 Å². The lowest BCUT2D eigenvalue weighted by Gasteiger charge is -2.17. The van der Waals surface area contributed by atoms with Crippen LogP contribution in [0.5, 0.6) is 0 Å². The summed E-state index contributed by atoms with van der Waals surface area (Å²) in [5, 5.41) is 8.41. The maximum Gasteiger partial charge on any atom is 0.304 e. The zero-order chi connectivity index (χ0) is 9.14. The summed E-state index contributed by atoms with van der Waals surface area (Å²) in [6.45, 7) is 0. The van der Waals surface area contributed by atoms with Gasteiger partial charge >= 0.3 is 5.97 Å². The Hall–Kier alpha value is -1.19. The van der Waals surface area contributed by atoms with Gasteiger partial charge in [0.15, 0.2) is 0 Å². The highest BCUT2D eigenvalue weighted by Gasteiger charge is 2.28. The molecule has 0 heterocycles. The van der Waals surface area contributed by atoms with E-state index in [9.17, 15) is 14.4 Å². The molecular weight excluding hydrogens is 160 g/mol. The summed E-state index contributed by atoms with van der Waals surface area (Å²) >= 11 is 0. The van der Waals surface area contributed by atoms with Gasteiger partial charge in [-0.3, -0.25) is 14.4 Å². The van der Waals surface area contributed by atoms with Crippen molar-refractivity contribution in [2.45, 2.75) is 25.7 Å². The van der Waals surface area contributed by atoms with Crippen molar-refractivity contribution < 1.29 is 19.5 Å². The number of Topliss-reactive ketones (excluding diaryl/α,β-unsaturated/α-hetero) is 2. The molecule has 0 radical (unpaired) electrons. The second-order valence-electron chi connectivity index (χ2n) is 3.02. The topological polar surface area (TPSA) is 71.4 Å². The van der Waals surface area contributed by atoms with Crippen LogP contribution in [0.15, 0.2) is 0 Å². The minimum Gasteiger partial charge on any atom is -0.481 e. The lowest BCUT2D eigenvalue weighted by atomic mass is 9.85. The molecule has 4 heteroatoms. The van der Waals surface area contributed by atoms with Gasteiger partial charge in [-0.05, 0) is 6.42 Å². The molecular formula is C8H10O4. The molecule has 1 atom stereocenters. The molecule has 1 rings (SSSR count). The van der Waals surface area contributed by atoms with Crippen LogP contribution in [0, 0.1) is 5.92 Å². The van der Waals surface area contributed by atoms with Crippen LogP contribution in [-0.4, -0.2) is 22.6 Å². The molecule has 1 unspecified atom stereocenters.